The summed E-state index contributed by atoms with van der Waals surface area (Å²) in [4.78, 5) is 27.7. The van der Waals surface area contributed by atoms with Crippen LogP contribution in [0.25, 0.3) is 11.1 Å². The van der Waals surface area contributed by atoms with Crippen LogP contribution >= 0.6 is 0 Å². The van der Waals surface area contributed by atoms with E-state index in [1.165, 1.54) is 5.56 Å². The second kappa shape index (κ2) is 8.27. The predicted octanol–water partition coefficient (Wildman–Crippen LogP) is 6.27. The Morgan fingerprint density at radius 1 is 0.969 bits per heavy atom. The van der Waals surface area contributed by atoms with E-state index in [0.717, 1.165) is 33.5 Å². The summed E-state index contributed by atoms with van der Waals surface area (Å²) in [5.74, 6) is -0.675. The van der Waals surface area contributed by atoms with Gasteiger partial charge in [-0.1, -0.05) is 54.1 Å². The van der Waals surface area contributed by atoms with Crippen LogP contribution in [0.3, 0.4) is 0 Å². The molecule has 0 saturated carbocycles. The van der Waals surface area contributed by atoms with Crippen molar-refractivity contribution in [2.75, 3.05) is 4.90 Å². The minimum atomic E-state index is -0.543. The summed E-state index contributed by atoms with van der Waals surface area (Å²) >= 11 is 0. The number of benzene rings is 3. The molecule has 0 radical (unpaired) electrons. The molecule has 4 nitrogen and oxygen atoms in total. The van der Waals surface area contributed by atoms with E-state index in [2.05, 4.69) is 24.3 Å². The Bertz CT molecular complexity index is 1170. The summed E-state index contributed by atoms with van der Waals surface area (Å²) in [6, 6.07) is 21.9. The molecule has 0 saturated heterocycles. The number of esters is 1. The van der Waals surface area contributed by atoms with Gasteiger partial charge in [0.1, 0.15) is 5.60 Å². The van der Waals surface area contributed by atoms with E-state index < -0.39 is 11.5 Å². The number of hydrogen-bond donors (Lipinski definition) is 0. The van der Waals surface area contributed by atoms with Crippen LogP contribution in [-0.4, -0.2) is 17.5 Å². The SMILES string of the molecule is Cc1ccc(-c2cc(C(C)C(=O)OC(C)(C)C)ccc2N2Cc3ccccc3C2=O)cc1. The first-order valence-electron chi connectivity index (χ1n) is 11.0. The van der Waals surface area contributed by atoms with Gasteiger partial charge in [0.2, 0.25) is 0 Å². The van der Waals surface area contributed by atoms with Crippen molar-refractivity contribution in [3.05, 3.63) is 89.0 Å². The lowest BCUT2D eigenvalue weighted by Crippen LogP contribution is -2.27. The van der Waals surface area contributed by atoms with E-state index >= 15 is 0 Å². The number of carbonyl (C=O) groups is 2. The zero-order chi connectivity index (χ0) is 23.0. The molecular formula is C28H29NO3. The second-order valence-electron chi connectivity index (χ2n) is 9.45. The average Bonchev–Trinajstić information content (AvgIpc) is 3.09. The summed E-state index contributed by atoms with van der Waals surface area (Å²) in [7, 11) is 0. The molecule has 0 N–H and O–H groups in total. The number of aryl methyl sites for hydroxylation is 1. The van der Waals surface area contributed by atoms with Crippen LogP contribution in [0.1, 0.15) is 60.7 Å². The van der Waals surface area contributed by atoms with Gasteiger partial charge in [-0.2, -0.15) is 0 Å². The highest BCUT2D eigenvalue weighted by atomic mass is 16.6. The Kier molecular flexibility index (Phi) is 5.64. The van der Waals surface area contributed by atoms with Crippen molar-refractivity contribution in [3.8, 4) is 11.1 Å². The summed E-state index contributed by atoms with van der Waals surface area (Å²) in [5, 5.41) is 0. The molecule has 4 rings (SSSR count). The number of rotatable bonds is 4. The zero-order valence-corrected chi connectivity index (χ0v) is 19.3. The topological polar surface area (TPSA) is 46.6 Å². The molecule has 1 amide bonds. The van der Waals surface area contributed by atoms with E-state index in [4.69, 9.17) is 4.74 Å². The normalized spacial score (nSPS) is 14.3. The Morgan fingerprint density at radius 2 is 1.66 bits per heavy atom. The maximum atomic E-state index is 13.2. The molecule has 1 atom stereocenters. The van der Waals surface area contributed by atoms with Crippen molar-refractivity contribution in [1.82, 2.24) is 0 Å². The number of hydrogen-bond acceptors (Lipinski definition) is 3. The van der Waals surface area contributed by atoms with Gasteiger partial charge < -0.3 is 9.64 Å². The van der Waals surface area contributed by atoms with Crippen LogP contribution in [0.4, 0.5) is 5.69 Å². The molecule has 1 aliphatic heterocycles. The van der Waals surface area contributed by atoms with Crippen LogP contribution in [0.15, 0.2) is 66.7 Å². The second-order valence-corrected chi connectivity index (χ2v) is 9.45. The molecule has 0 bridgehead atoms. The van der Waals surface area contributed by atoms with Gasteiger partial charge in [-0.05, 0) is 69.5 Å². The van der Waals surface area contributed by atoms with Gasteiger partial charge in [0, 0.05) is 11.1 Å². The highest BCUT2D eigenvalue weighted by Gasteiger charge is 2.30. The number of nitrogens with zero attached hydrogens (tertiary/aromatic N) is 1. The molecule has 3 aromatic carbocycles. The lowest BCUT2D eigenvalue weighted by atomic mass is 9.94. The summed E-state index contributed by atoms with van der Waals surface area (Å²) in [5.41, 5.74) is 6.04. The standard InChI is InChI=1S/C28H29NO3/c1-18-10-12-20(13-11-18)24-16-21(19(2)27(31)32-28(3,4)5)14-15-25(24)29-17-22-8-6-7-9-23(22)26(29)30/h6-16,19H,17H2,1-5H3. The fourth-order valence-corrected chi connectivity index (χ4v) is 4.00. The van der Waals surface area contributed by atoms with E-state index in [1.54, 1.807) is 0 Å². The molecule has 0 spiro atoms. The highest BCUT2D eigenvalue weighted by Crippen LogP contribution is 2.38. The van der Waals surface area contributed by atoms with Crippen LogP contribution in [0.5, 0.6) is 0 Å². The Hall–Kier alpha value is -3.40. The van der Waals surface area contributed by atoms with Crippen LogP contribution in [0.2, 0.25) is 0 Å². The number of amides is 1. The van der Waals surface area contributed by atoms with Gasteiger partial charge in [-0.15, -0.1) is 0 Å². The first-order chi connectivity index (χ1) is 15.1. The number of carbonyl (C=O) groups excluding carboxylic acids is 2. The summed E-state index contributed by atoms with van der Waals surface area (Å²) in [6.07, 6.45) is 0. The molecule has 0 aromatic heterocycles. The Labute approximate surface area is 189 Å². The number of anilines is 1. The quantitative estimate of drug-likeness (QED) is 0.461. The molecule has 0 fully saturated rings. The van der Waals surface area contributed by atoms with Crippen LogP contribution in [-0.2, 0) is 16.1 Å². The van der Waals surface area contributed by atoms with E-state index in [0.29, 0.717) is 6.54 Å². The lowest BCUT2D eigenvalue weighted by Gasteiger charge is -2.24. The van der Waals surface area contributed by atoms with Crippen molar-refractivity contribution in [3.63, 3.8) is 0 Å². The minimum absolute atomic E-state index is 0.00176. The minimum Gasteiger partial charge on any atom is -0.460 e. The average molecular weight is 428 g/mol. The predicted molar refractivity (Wildman–Crippen MR) is 128 cm³/mol. The smallest absolute Gasteiger partial charge is 0.313 e. The van der Waals surface area contributed by atoms with Gasteiger partial charge in [-0.25, -0.2) is 0 Å². The monoisotopic (exact) mass is 427 g/mol. The van der Waals surface area contributed by atoms with E-state index in [-0.39, 0.29) is 11.9 Å². The number of fused-ring (bicyclic) bond motifs is 1. The third-order valence-corrected chi connectivity index (χ3v) is 5.76. The van der Waals surface area contributed by atoms with Gasteiger partial charge >= 0.3 is 5.97 Å². The van der Waals surface area contributed by atoms with Crippen LogP contribution < -0.4 is 4.90 Å². The third kappa shape index (κ3) is 4.31. The van der Waals surface area contributed by atoms with Crippen LogP contribution in [0, 0.1) is 6.92 Å². The molecule has 32 heavy (non-hydrogen) atoms. The maximum Gasteiger partial charge on any atom is 0.313 e. The lowest BCUT2D eigenvalue weighted by molar-refractivity contribution is -0.156. The van der Waals surface area contributed by atoms with E-state index in [9.17, 15) is 9.59 Å². The molecule has 0 aliphatic carbocycles. The van der Waals surface area contributed by atoms with Gasteiger partial charge in [0.25, 0.3) is 5.91 Å². The van der Waals surface area contributed by atoms with Crippen molar-refractivity contribution in [1.29, 1.82) is 0 Å². The zero-order valence-electron chi connectivity index (χ0n) is 19.3. The summed E-state index contributed by atoms with van der Waals surface area (Å²) in [6.45, 7) is 10.1. The molecule has 1 aliphatic rings. The fourth-order valence-electron chi connectivity index (χ4n) is 4.00. The van der Waals surface area contributed by atoms with Gasteiger partial charge in [0.15, 0.2) is 0 Å². The third-order valence-electron chi connectivity index (χ3n) is 5.76. The van der Waals surface area contributed by atoms with E-state index in [1.807, 2.05) is 82.0 Å². The first-order valence-corrected chi connectivity index (χ1v) is 11.0. The molecule has 4 heteroatoms. The van der Waals surface area contributed by atoms with Gasteiger partial charge in [0.05, 0.1) is 18.2 Å². The maximum absolute atomic E-state index is 13.2. The van der Waals surface area contributed by atoms with Crippen molar-refractivity contribution >= 4 is 17.6 Å². The van der Waals surface area contributed by atoms with Crippen molar-refractivity contribution in [2.45, 2.75) is 52.7 Å². The van der Waals surface area contributed by atoms with Crippen molar-refractivity contribution in [2.24, 2.45) is 0 Å². The first kappa shape index (κ1) is 21.8. The summed E-state index contributed by atoms with van der Waals surface area (Å²) < 4.78 is 5.60. The Balaban J connectivity index is 1.77. The van der Waals surface area contributed by atoms with Gasteiger partial charge in [-0.3, -0.25) is 9.59 Å². The molecule has 1 heterocycles. The molecule has 3 aromatic rings. The fraction of sp³-hybridized carbons (Fsp3) is 0.286. The number of ether oxygens (including phenoxy) is 1. The largest absolute Gasteiger partial charge is 0.460 e. The molecule has 164 valence electrons. The molecule has 1 unspecified atom stereocenters. The highest BCUT2D eigenvalue weighted by molar-refractivity contribution is 6.11. The Morgan fingerprint density at radius 3 is 2.31 bits per heavy atom. The molecular weight excluding hydrogens is 398 g/mol. The van der Waals surface area contributed by atoms with Crippen molar-refractivity contribution < 1.29 is 14.3 Å².